The number of hydrogen-bond donors (Lipinski definition) is 0. The predicted octanol–water partition coefficient (Wildman–Crippen LogP) is 7.72. The number of ether oxygens (including phenoxy) is 1. The van der Waals surface area contributed by atoms with Crippen molar-refractivity contribution in [2.45, 2.75) is 0 Å². The van der Waals surface area contributed by atoms with E-state index in [0.717, 1.165) is 33.6 Å². The molecule has 0 fully saturated rings. The zero-order chi connectivity index (χ0) is 26.6. The van der Waals surface area contributed by atoms with Gasteiger partial charge in [-0.3, -0.25) is 0 Å². The van der Waals surface area contributed by atoms with Crippen LogP contribution < -0.4 is 4.74 Å². The van der Waals surface area contributed by atoms with E-state index in [2.05, 4.69) is 6.07 Å². The zero-order valence-electron chi connectivity index (χ0n) is 20.8. The molecular formula is C34H21N3O2. The first-order chi connectivity index (χ1) is 19.2. The number of carbonyl (C=O) groups is 1. The Morgan fingerprint density at radius 3 is 1.69 bits per heavy atom. The van der Waals surface area contributed by atoms with E-state index in [1.165, 1.54) is 0 Å². The number of rotatable bonds is 5. The van der Waals surface area contributed by atoms with Crippen molar-refractivity contribution in [3.63, 3.8) is 0 Å². The first-order valence-corrected chi connectivity index (χ1v) is 12.4. The lowest BCUT2D eigenvalue weighted by atomic mass is 10.0. The number of aromatic nitrogens is 2. The second-order valence-electron chi connectivity index (χ2n) is 8.96. The molecule has 0 atom stereocenters. The third kappa shape index (κ3) is 5.00. The summed E-state index contributed by atoms with van der Waals surface area (Å²) >= 11 is 0. The highest BCUT2D eigenvalue weighted by molar-refractivity contribution is 5.96. The molecule has 5 aromatic carbocycles. The van der Waals surface area contributed by atoms with Crippen molar-refractivity contribution in [2.75, 3.05) is 0 Å². The normalized spacial score (nSPS) is 10.6. The van der Waals surface area contributed by atoms with Crippen LogP contribution in [0, 0.1) is 11.3 Å². The molecule has 0 bridgehead atoms. The van der Waals surface area contributed by atoms with Crippen LogP contribution in [-0.2, 0) is 0 Å². The standard InChI is InChI=1S/C34H21N3O2/c35-22-23-11-13-24(14-12-23)25-15-18-29(19-16-25)39-34(38)28-17-20-30-31(21-28)37-33(27-9-5-2-6-10-27)32(36-30)26-7-3-1-4-8-26/h1-21H. The van der Waals surface area contributed by atoms with E-state index in [0.29, 0.717) is 27.9 Å². The van der Waals surface area contributed by atoms with E-state index in [-0.39, 0.29) is 0 Å². The molecular weight excluding hydrogens is 482 g/mol. The Hall–Kier alpha value is -5.60. The maximum Gasteiger partial charge on any atom is 0.343 e. The molecule has 0 unspecified atom stereocenters. The smallest absolute Gasteiger partial charge is 0.343 e. The highest BCUT2D eigenvalue weighted by atomic mass is 16.5. The van der Waals surface area contributed by atoms with Gasteiger partial charge in [-0.2, -0.15) is 5.26 Å². The number of esters is 1. The monoisotopic (exact) mass is 503 g/mol. The summed E-state index contributed by atoms with van der Waals surface area (Å²) in [5, 5.41) is 8.99. The summed E-state index contributed by atoms with van der Waals surface area (Å²) in [7, 11) is 0. The molecule has 1 heterocycles. The zero-order valence-corrected chi connectivity index (χ0v) is 20.8. The van der Waals surface area contributed by atoms with Crippen molar-refractivity contribution in [1.82, 2.24) is 9.97 Å². The molecule has 5 heteroatoms. The lowest BCUT2D eigenvalue weighted by Crippen LogP contribution is -2.08. The largest absolute Gasteiger partial charge is 0.423 e. The minimum atomic E-state index is -0.474. The van der Waals surface area contributed by atoms with Crippen molar-refractivity contribution in [2.24, 2.45) is 0 Å². The first-order valence-electron chi connectivity index (χ1n) is 12.4. The molecule has 0 aliphatic carbocycles. The van der Waals surface area contributed by atoms with Crippen LogP contribution in [0.4, 0.5) is 0 Å². The number of benzene rings is 5. The third-order valence-electron chi connectivity index (χ3n) is 6.41. The number of nitriles is 1. The Kier molecular flexibility index (Phi) is 6.35. The molecule has 5 nitrogen and oxygen atoms in total. The summed E-state index contributed by atoms with van der Waals surface area (Å²) < 4.78 is 5.65. The fourth-order valence-electron chi connectivity index (χ4n) is 4.39. The highest BCUT2D eigenvalue weighted by Crippen LogP contribution is 2.31. The molecule has 184 valence electrons. The summed E-state index contributed by atoms with van der Waals surface area (Å²) in [6.07, 6.45) is 0. The molecule has 6 aromatic rings. The maximum atomic E-state index is 13.0. The Morgan fingerprint density at radius 1 is 0.590 bits per heavy atom. The van der Waals surface area contributed by atoms with Gasteiger partial charge >= 0.3 is 5.97 Å². The van der Waals surface area contributed by atoms with E-state index in [4.69, 9.17) is 20.0 Å². The van der Waals surface area contributed by atoms with Gasteiger partial charge in [-0.15, -0.1) is 0 Å². The van der Waals surface area contributed by atoms with Gasteiger partial charge in [-0.25, -0.2) is 14.8 Å². The quantitative estimate of drug-likeness (QED) is 0.178. The van der Waals surface area contributed by atoms with E-state index in [1.54, 1.807) is 42.5 Å². The van der Waals surface area contributed by atoms with Gasteiger partial charge in [-0.1, -0.05) is 84.9 Å². The number of hydrogen-bond acceptors (Lipinski definition) is 5. The fourth-order valence-corrected chi connectivity index (χ4v) is 4.39. The molecule has 0 radical (unpaired) electrons. The van der Waals surface area contributed by atoms with Crippen LogP contribution >= 0.6 is 0 Å². The topological polar surface area (TPSA) is 75.9 Å². The van der Waals surface area contributed by atoms with Crippen molar-refractivity contribution in [3.8, 4) is 45.5 Å². The van der Waals surface area contributed by atoms with Gasteiger partial charge in [0.1, 0.15) is 5.75 Å². The van der Waals surface area contributed by atoms with Crippen molar-refractivity contribution in [1.29, 1.82) is 5.26 Å². The SMILES string of the molecule is N#Cc1ccc(-c2ccc(OC(=O)c3ccc4nc(-c5ccccc5)c(-c5ccccc5)nc4c3)cc2)cc1. The third-order valence-corrected chi connectivity index (χ3v) is 6.41. The number of carbonyl (C=O) groups excluding carboxylic acids is 1. The lowest BCUT2D eigenvalue weighted by Gasteiger charge is -2.11. The van der Waals surface area contributed by atoms with Crippen LogP contribution in [0.25, 0.3) is 44.7 Å². The molecule has 1 aromatic heterocycles. The van der Waals surface area contributed by atoms with Crippen molar-refractivity contribution in [3.05, 3.63) is 139 Å². The van der Waals surface area contributed by atoms with Crippen LogP contribution in [-0.4, -0.2) is 15.9 Å². The molecule has 0 aliphatic rings. The second kappa shape index (κ2) is 10.4. The van der Waals surface area contributed by atoms with Gasteiger partial charge in [0, 0.05) is 11.1 Å². The van der Waals surface area contributed by atoms with Crippen LogP contribution in [0.5, 0.6) is 5.75 Å². The summed E-state index contributed by atoms with van der Waals surface area (Å²) in [4.78, 5) is 22.9. The number of nitrogens with zero attached hydrogens (tertiary/aromatic N) is 3. The molecule has 0 spiro atoms. The van der Waals surface area contributed by atoms with Crippen molar-refractivity contribution >= 4 is 17.0 Å². The molecule has 6 rings (SSSR count). The lowest BCUT2D eigenvalue weighted by molar-refractivity contribution is 0.0735. The Balaban J connectivity index is 1.29. The van der Waals surface area contributed by atoms with Gasteiger partial charge < -0.3 is 4.74 Å². The minimum absolute atomic E-state index is 0.388. The van der Waals surface area contributed by atoms with Gasteiger partial charge in [0.2, 0.25) is 0 Å². The van der Waals surface area contributed by atoms with Gasteiger partial charge in [0.05, 0.1) is 39.6 Å². The van der Waals surface area contributed by atoms with Crippen molar-refractivity contribution < 1.29 is 9.53 Å². The van der Waals surface area contributed by atoms with E-state index >= 15 is 0 Å². The van der Waals surface area contributed by atoms with E-state index in [1.807, 2.05) is 84.9 Å². The fraction of sp³-hybridized carbons (Fsp3) is 0. The highest BCUT2D eigenvalue weighted by Gasteiger charge is 2.16. The van der Waals surface area contributed by atoms with Crippen LogP contribution in [0.2, 0.25) is 0 Å². The van der Waals surface area contributed by atoms with E-state index in [9.17, 15) is 4.79 Å². The Labute approximate surface area is 225 Å². The molecule has 0 amide bonds. The van der Waals surface area contributed by atoms with Crippen LogP contribution in [0.1, 0.15) is 15.9 Å². The molecule has 0 N–H and O–H groups in total. The van der Waals surface area contributed by atoms with Crippen LogP contribution in [0.15, 0.2) is 127 Å². The molecule has 39 heavy (non-hydrogen) atoms. The summed E-state index contributed by atoms with van der Waals surface area (Å²) in [6, 6.07) is 41.8. The summed E-state index contributed by atoms with van der Waals surface area (Å²) in [5.74, 6) is -0.0359. The van der Waals surface area contributed by atoms with Crippen LogP contribution in [0.3, 0.4) is 0 Å². The summed E-state index contributed by atoms with van der Waals surface area (Å²) in [6.45, 7) is 0. The number of fused-ring (bicyclic) bond motifs is 1. The Morgan fingerprint density at radius 2 is 1.13 bits per heavy atom. The molecule has 0 aliphatic heterocycles. The van der Waals surface area contributed by atoms with Gasteiger partial charge in [0.15, 0.2) is 0 Å². The average molecular weight is 504 g/mol. The Bertz CT molecular complexity index is 1830. The molecule has 0 saturated heterocycles. The van der Waals surface area contributed by atoms with Gasteiger partial charge in [0.25, 0.3) is 0 Å². The maximum absolute atomic E-state index is 13.0. The average Bonchev–Trinajstić information content (AvgIpc) is 3.01. The second-order valence-corrected chi connectivity index (χ2v) is 8.96. The molecule has 0 saturated carbocycles. The van der Waals surface area contributed by atoms with Gasteiger partial charge in [-0.05, 0) is 53.6 Å². The van der Waals surface area contributed by atoms with E-state index < -0.39 is 5.97 Å². The first kappa shape index (κ1) is 23.8. The minimum Gasteiger partial charge on any atom is -0.423 e. The summed E-state index contributed by atoms with van der Waals surface area (Å²) in [5.41, 5.74) is 7.68. The predicted molar refractivity (Wildman–Crippen MR) is 152 cm³/mol.